The zero-order valence-corrected chi connectivity index (χ0v) is 15.5. The molecule has 0 saturated carbocycles. The number of halogens is 3. The molecule has 0 N–H and O–H groups in total. The van der Waals surface area contributed by atoms with Gasteiger partial charge < -0.3 is 9.26 Å². The van der Waals surface area contributed by atoms with E-state index < -0.39 is 34.9 Å². The predicted molar refractivity (Wildman–Crippen MR) is 92.4 cm³/mol. The third-order valence-electron chi connectivity index (χ3n) is 3.89. The molecule has 0 aliphatic rings. The standard InChI is InChI=1S/C18H15F3N4O4/c1-9-7-14(26)15(17(27)28-10(2)16-22-11(3)24-29-16)23-25(9)13-6-4-5-12(8-13)18(19,20)21/h4-8,10H,1-3H3. The molecule has 8 nitrogen and oxygen atoms in total. The number of carbonyl (C=O) groups excluding carboxylic acids is 1. The molecule has 0 saturated heterocycles. The van der Waals surface area contributed by atoms with Crippen LogP contribution in [0.3, 0.4) is 0 Å². The Balaban J connectivity index is 1.96. The van der Waals surface area contributed by atoms with E-state index in [1.54, 1.807) is 6.92 Å². The Kier molecular flexibility index (Phi) is 5.23. The van der Waals surface area contributed by atoms with E-state index in [-0.39, 0.29) is 17.3 Å². The van der Waals surface area contributed by atoms with E-state index in [0.29, 0.717) is 5.82 Å². The Morgan fingerprint density at radius 3 is 2.59 bits per heavy atom. The lowest BCUT2D eigenvalue weighted by Gasteiger charge is -2.14. The summed E-state index contributed by atoms with van der Waals surface area (Å²) < 4.78 is 50.1. The topological polar surface area (TPSA) is 100 Å². The van der Waals surface area contributed by atoms with Crippen LogP contribution in [0, 0.1) is 13.8 Å². The summed E-state index contributed by atoms with van der Waals surface area (Å²) in [5, 5.41) is 7.49. The molecule has 3 aromatic rings. The molecule has 0 radical (unpaired) electrons. The molecule has 0 bridgehead atoms. The minimum Gasteiger partial charge on any atom is -0.448 e. The smallest absolute Gasteiger partial charge is 0.416 e. The van der Waals surface area contributed by atoms with Gasteiger partial charge in [0.2, 0.25) is 11.1 Å². The highest BCUT2D eigenvalue weighted by atomic mass is 19.4. The molecule has 3 rings (SSSR count). The molecule has 1 unspecified atom stereocenters. The number of aryl methyl sites for hydroxylation is 2. The monoisotopic (exact) mass is 408 g/mol. The zero-order chi connectivity index (χ0) is 21.3. The van der Waals surface area contributed by atoms with Crippen molar-refractivity contribution in [1.29, 1.82) is 0 Å². The molecule has 2 heterocycles. The second kappa shape index (κ2) is 7.49. The van der Waals surface area contributed by atoms with E-state index in [9.17, 15) is 22.8 Å². The Labute approximate surface area is 161 Å². The molecule has 2 aromatic heterocycles. The molecule has 11 heteroatoms. The van der Waals surface area contributed by atoms with Gasteiger partial charge in [-0.1, -0.05) is 11.2 Å². The van der Waals surface area contributed by atoms with Gasteiger partial charge in [0.25, 0.3) is 5.89 Å². The van der Waals surface area contributed by atoms with Gasteiger partial charge in [-0.3, -0.25) is 4.79 Å². The van der Waals surface area contributed by atoms with Crippen LogP contribution >= 0.6 is 0 Å². The van der Waals surface area contributed by atoms with Gasteiger partial charge >= 0.3 is 12.1 Å². The lowest BCUT2D eigenvalue weighted by Crippen LogP contribution is -2.25. The number of carbonyl (C=O) groups is 1. The second-order valence-electron chi connectivity index (χ2n) is 6.19. The average Bonchev–Trinajstić information content (AvgIpc) is 3.07. The van der Waals surface area contributed by atoms with Crippen LogP contribution < -0.4 is 5.43 Å². The van der Waals surface area contributed by atoms with E-state index in [4.69, 9.17) is 9.26 Å². The van der Waals surface area contributed by atoms with Crippen LogP contribution in [0.1, 0.15) is 46.5 Å². The van der Waals surface area contributed by atoms with Gasteiger partial charge in [-0.15, -0.1) is 0 Å². The zero-order valence-electron chi connectivity index (χ0n) is 15.5. The maximum atomic E-state index is 13.0. The highest BCUT2D eigenvalue weighted by Crippen LogP contribution is 2.30. The quantitative estimate of drug-likeness (QED) is 0.611. The molecule has 1 aromatic carbocycles. The van der Waals surface area contributed by atoms with Crippen molar-refractivity contribution in [2.24, 2.45) is 0 Å². The van der Waals surface area contributed by atoms with Crippen LogP contribution in [0.5, 0.6) is 0 Å². The van der Waals surface area contributed by atoms with Crippen molar-refractivity contribution in [3.05, 3.63) is 69.2 Å². The molecule has 0 spiro atoms. The predicted octanol–water partition coefficient (Wildman–Crippen LogP) is 3.17. The summed E-state index contributed by atoms with van der Waals surface area (Å²) in [4.78, 5) is 28.5. The van der Waals surface area contributed by atoms with E-state index in [1.165, 1.54) is 26.0 Å². The third kappa shape index (κ3) is 4.33. The molecular weight excluding hydrogens is 393 g/mol. The van der Waals surface area contributed by atoms with Crippen LogP contribution in [0.4, 0.5) is 13.2 Å². The highest BCUT2D eigenvalue weighted by Gasteiger charge is 2.31. The minimum absolute atomic E-state index is 0.0289. The molecular formula is C18H15F3N4O4. The van der Waals surface area contributed by atoms with Crippen LogP contribution in [0.25, 0.3) is 5.69 Å². The fourth-order valence-electron chi connectivity index (χ4n) is 2.51. The van der Waals surface area contributed by atoms with E-state index in [2.05, 4.69) is 15.2 Å². The van der Waals surface area contributed by atoms with Gasteiger partial charge in [-0.25, -0.2) is 9.48 Å². The summed E-state index contributed by atoms with van der Waals surface area (Å²) >= 11 is 0. The van der Waals surface area contributed by atoms with Crippen molar-refractivity contribution < 1.29 is 27.2 Å². The van der Waals surface area contributed by atoms with Gasteiger partial charge in [0.05, 0.1) is 11.3 Å². The molecule has 0 fully saturated rings. The number of hydrogen-bond acceptors (Lipinski definition) is 7. The maximum Gasteiger partial charge on any atom is 0.416 e. The number of alkyl halides is 3. The average molecular weight is 408 g/mol. The van der Waals surface area contributed by atoms with Crippen LogP contribution in [-0.4, -0.2) is 25.9 Å². The Morgan fingerprint density at radius 2 is 1.97 bits per heavy atom. The number of aromatic nitrogens is 4. The summed E-state index contributed by atoms with van der Waals surface area (Å²) in [7, 11) is 0. The van der Waals surface area contributed by atoms with E-state index >= 15 is 0 Å². The third-order valence-corrected chi connectivity index (χ3v) is 3.89. The normalized spacial score (nSPS) is 12.6. The van der Waals surface area contributed by atoms with Gasteiger partial charge in [0.1, 0.15) is 0 Å². The first kappa shape index (κ1) is 20.2. The van der Waals surface area contributed by atoms with Crippen molar-refractivity contribution in [1.82, 2.24) is 19.9 Å². The number of rotatable bonds is 4. The molecule has 0 aliphatic heterocycles. The summed E-state index contributed by atoms with van der Waals surface area (Å²) in [5.74, 6) is -0.705. The lowest BCUT2D eigenvalue weighted by atomic mass is 10.2. The summed E-state index contributed by atoms with van der Waals surface area (Å²) in [6, 6.07) is 5.44. The van der Waals surface area contributed by atoms with Crippen molar-refractivity contribution in [2.75, 3.05) is 0 Å². The van der Waals surface area contributed by atoms with Crippen LogP contribution in [0.2, 0.25) is 0 Å². The number of benzene rings is 1. The SMILES string of the molecule is Cc1noc(C(C)OC(=O)c2nn(-c3cccc(C(F)(F)F)c3)c(C)cc2=O)n1. The first-order valence-corrected chi connectivity index (χ1v) is 8.36. The van der Waals surface area contributed by atoms with Crippen LogP contribution in [0.15, 0.2) is 39.6 Å². The highest BCUT2D eigenvalue weighted by molar-refractivity contribution is 5.87. The fraction of sp³-hybridized carbons (Fsp3) is 0.278. The first-order chi connectivity index (χ1) is 13.6. The van der Waals surface area contributed by atoms with Crippen molar-refractivity contribution in [3.63, 3.8) is 0 Å². The number of esters is 1. The fourth-order valence-corrected chi connectivity index (χ4v) is 2.51. The molecule has 29 heavy (non-hydrogen) atoms. The largest absolute Gasteiger partial charge is 0.448 e. The number of ether oxygens (including phenoxy) is 1. The number of hydrogen-bond donors (Lipinski definition) is 0. The van der Waals surface area contributed by atoms with Crippen molar-refractivity contribution >= 4 is 5.97 Å². The van der Waals surface area contributed by atoms with E-state index in [0.717, 1.165) is 22.9 Å². The van der Waals surface area contributed by atoms with Gasteiger partial charge in [-0.2, -0.15) is 23.3 Å². The Hall–Kier alpha value is -3.50. The second-order valence-corrected chi connectivity index (χ2v) is 6.19. The lowest BCUT2D eigenvalue weighted by molar-refractivity contribution is -0.137. The first-order valence-electron chi connectivity index (χ1n) is 8.36. The number of nitrogens with zero attached hydrogens (tertiary/aromatic N) is 4. The van der Waals surface area contributed by atoms with Crippen molar-refractivity contribution in [3.8, 4) is 5.69 Å². The summed E-state index contributed by atoms with van der Waals surface area (Å²) in [6.07, 6.45) is -5.50. The molecule has 152 valence electrons. The van der Waals surface area contributed by atoms with Crippen molar-refractivity contribution in [2.45, 2.75) is 33.1 Å². The molecule has 0 amide bonds. The van der Waals surface area contributed by atoms with Gasteiger partial charge in [0.15, 0.2) is 11.9 Å². The Morgan fingerprint density at radius 1 is 1.24 bits per heavy atom. The molecule has 0 aliphatic carbocycles. The van der Waals surface area contributed by atoms with Gasteiger partial charge in [-0.05, 0) is 39.0 Å². The summed E-state index contributed by atoms with van der Waals surface area (Å²) in [6.45, 7) is 4.52. The summed E-state index contributed by atoms with van der Waals surface area (Å²) in [5.41, 5.74) is -1.93. The molecule has 1 atom stereocenters. The minimum atomic E-state index is -4.55. The Bertz CT molecular complexity index is 1120. The van der Waals surface area contributed by atoms with Crippen LogP contribution in [-0.2, 0) is 10.9 Å². The maximum absolute atomic E-state index is 13.0. The van der Waals surface area contributed by atoms with E-state index in [1.807, 2.05) is 0 Å². The van der Waals surface area contributed by atoms with Gasteiger partial charge in [0, 0.05) is 11.8 Å².